The number of ether oxygens (including phenoxy) is 1. The second kappa shape index (κ2) is 7.21. The third kappa shape index (κ3) is 3.60. The van der Waals surface area contributed by atoms with Crippen LogP contribution in [0.15, 0.2) is 24.3 Å². The van der Waals surface area contributed by atoms with Gasteiger partial charge in [0.05, 0.1) is 6.10 Å². The maximum absolute atomic E-state index is 5.68. The van der Waals surface area contributed by atoms with Crippen molar-refractivity contribution in [2.45, 2.75) is 44.9 Å². The summed E-state index contributed by atoms with van der Waals surface area (Å²) in [6, 6.07) is 9.90. The number of nitrogens with zero attached hydrogens (tertiary/aromatic N) is 1. The Kier molecular flexibility index (Phi) is 5.58. The standard InChI is InChI=1S/C17H28N2O/c1-5-14-6-8-15(9-7-14)16(18-3)12-19(4)17-10-11-20-13(17)2/h6-9,13,16-18H,5,10-12H2,1-4H3. The molecule has 0 amide bonds. The average molecular weight is 276 g/mol. The molecule has 1 heterocycles. The fourth-order valence-electron chi connectivity index (χ4n) is 3.07. The molecular weight excluding hydrogens is 248 g/mol. The molecule has 112 valence electrons. The Morgan fingerprint density at radius 3 is 2.55 bits per heavy atom. The van der Waals surface area contributed by atoms with Crippen LogP contribution in [0.3, 0.4) is 0 Å². The van der Waals surface area contributed by atoms with E-state index in [0.29, 0.717) is 18.2 Å². The number of aryl methyl sites for hydroxylation is 1. The predicted molar refractivity (Wildman–Crippen MR) is 84.1 cm³/mol. The fraction of sp³-hybridized carbons (Fsp3) is 0.647. The number of nitrogens with one attached hydrogen (secondary N) is 1. The number of likely N-dealkylation sites (N-methyl/N-ethyl adjacent to an activating group) is 2. The highest BCUT2D eigenvalue weighted by Gasteiger charge is 2.29. The van der Waals surface area contributed by atoms with Crippen molar-refractivity contribution in [2.75, 3.05) is 27.2 Å². The summed E-state index contributed by atoms with van der Waals surface area (Å²) >= 11 is 0. The number of hydrogen-bond donors (Lipinski definition) is 1. The Morgan fingerprint density at radius 2 is 2.05 bits per heavy atom. The molecule has 0 aliphatic carbocycles. The van der Waals surface area contributed by atoms with E-state index in [4.69, 9.17) is 4.74 Å². The van der Waals surface area contributed by atoms with Gasteiger partial charge in [0.25, 0.3) is 0 Å². The lowest BCUT2D eigenvalue weighted by Gasteiger charge is -2.30. The second-order valence-electron chi connectivity index (χ2n) is 5.81. The first-order valence-corrected chi connectivity index (χ1v) is 7.73. The zero-order valence-electron chi connectivity index (χ0n) is 13.2. The normalized spacial score (nSPS) is 24.2. The molecule has 1 aromatic rings. The van der Waals surface area contributed by atoms with Crippen molar-refractivity contribution in [1.29, 1.82) is 0 Å². The van der Waals surface area contributed by atoms with Crippen molar-refractivity contribution in [3.8, 4) is 0 Å². The Hall–Kier alpha value is -0.900. The highest BCUT2D eigenvalue weighted by atomic mass is 16.5. The first-order valence-electron chi connectivity index (χ1n) is 7.73. The van der Waals surface area contributed by atoms with Gasteiger partial charge in [0.2, 0.25) is 0 Å². The summed E-state index contributed by atoms with van der Waals surface area (Å²) in [5, 5.41) is 3.44. The van der Waals surface area contributed by atoms with Crippen molar-refractivity contribution >= 4 is 0 Å². The summed E-state index contributed by atoms with van der Waals surface area (Å²) in [6.07, 6.45) is 2.59. The summed E-state index contributed by atoms with van der Waals surface area (Å²) < 4.78 is 5.68. The van der Waals surface area contributed by atoms with Crippen molar-refractivity contribution in [1.82, 2.24) is 10.2 Å². The van der Waals surface area contributed by atoms with Gasteiger partial charge in [-0.15, -0.1) is 0 Å². The van der Waals surface area contributed by atoms with Gasteiger partial charge in [-0.3, -0.25) is 4.90 Å². The number of hydrogen-bond acceptors (Lipinski definition) is 3. The van der Waals surface area contributed by atoms with E-state index in [1.54, 1.807) is 0 Å². The third-order valence-electron chi connectivity index (χ3n) is 4.51. The molecule has 0 saturated carbocycles. The van der Waals surface area contributed by atoms with Gasteiger partial charge in [-0.25, -0.2) is 0 Å². The SMILES string of the molecule is CCc1ccc(C(CN(C)C2CCOC2C)NC)cc1. The minimum Gasteiger partial charge on any atom is -0.377 e. The number of rotatable bonds is 6. The first kappa shape index (κ1) is 15.5. The molecule has 1 fully saturated rings. The average Bonchev–Trinajstić information content (AvgIpc) is 2.91. The lowest BCUT2D eigenvalue weighted by molar-refractivity contribution is 0.0806. The highest BCUT2D eigenvalue weighted by Crippen LogP contribution is 2.22. The topological polar surface area (TPSA) is 24.5 Å². The minimum absolute atomic E-state index is 0.347. The van der Waals surface area contributed by atoms with E-state index in [1.807, 2.05) is 7.05 Å². The lowest BCUT2D eigenvalue weighted by atomic mass is 10.0. The van der Waals surface area contributed by atoms with Crippen molar-refractivity contribution < 1.29 is 4.74 Å². The van der Waals surface area contributed by atoms with Gasteiger partial charge in [0.1, 0.15) is 0 Å². The minimum atomic E-state index is 0.347. The van der Waals surface area contributed by atoms with Crippen LogP contribution in [0, 0.1) is 0 Å². The van der Waals surface area contributed by atoms with E-state index >= 15 is 0 Å². The lowest BCUT2D eigenvalue weighted by Crippen LogP contribution is -2.41. The van der Waals surface area contributed by atoms with Gasteiger partial charge in [0.15, 0.2) is 0 Å². The van der Waals surface area contributed by atoms with E-state index in [2.05, 4.69) is 55.4 Å². The van der Waals surface area contributed by atoms with E-state index in [-0.39, 0.29) is 0 Å². The molecule has 20 heavy (non-hydrogen) atoms. The van der Waals surface area contributed by atoms with Crippen LogP contribution in [0.4, 0.5) is 0 Å². The molecule has 1 aliphatic rings. The molecule has 3 atom stereocenters. The smallest absolute Gasteiger partial charge is 0.0702 e. The molecule has 2 rings (SSSR count). The Labute approximate surface area is 123 Å². The largest absolute Gasteiger partial charge is 0.377 e. The van der Waals surface area contributed by atoms with Crippen LogP contribution in [0.1, 0.15) is 37.4 Å². The quantitative estimate of drug-likeness (QED) is 0.864. The summed E-state index contributed by atoms with van der Waals surface area (Å²) in [4.78, 5) is 2.44. The molecule has 1 aromatic carbocycles. The summed E-state index contributed by atoms with van der Waals surface area (Å²) in [7, 11) is 4.25. The van der Waals surface area contributed by atoms with Crippen molar-refractivity contribution in [2.24, 2.45) is 0 Å². The van der Waals surface area contributed by atoms with E-state index in [1.165, 1.54) is 11.1 Å². The second-order valence-corrected chi connectivity index (χ2v) is 5.81. The van der Waals surface area contributed by atoms with E-state index < -0.39 is 0 Å². The van der Waals surface area contributed by atoms with Gasteiger partial charge in [0, 0.05) is 25.2 Å². The van der Waals surface area contributed by atoms with Gasteiger partial charge in [-0.1, -0.05) is 31.2 Å². The molecule has 1 saturated heterocycles. The summed E-state index contributed by atoms with van der Waals surface area (Å²) in [6.45, 7) is 6.28. The van der Waals surface area contributed by atoms with Gasteiger partial charge in [-0.05, 0) is 45.0 Å². The zero-order valence-corrected chi connectivity index (χ0v) is 13.2. The summed E-state index contributed by atoms with van der Waals surface area (Å²) in [5.41, 5.74) is 2.76. The van der Waals surface area contributed by atoms with Crippen LogP contribution in [0.25, 0.3) is 0 Å². The van der Waals surface area contributed by atoms with Gasteiger partial charge < -0.3 is 10.1 Å². The first-order chi connectivity index (χ1) is 9.65. The van der Waals surface area contributed by atoms with E-state index in [9.17, 15) is 0 Å². The molecule has 3 heteroatoms. The molecule has 1 aliphatic heterocycles. The Balaban J connectivity index is 2.00. The Bertz CT molecular complexity index is 404. The van der Waals surface area contributed by atoms with Crippen LogP contribution in [-0.2, 0) is 11.2 Å². The van der Waals surface area contributed by atoms with E-state index in [0.717, 1.165) is 26.0 Å². The van der Waals surface area contributed by atoms with Crippen LogP contribution in [0.5, 0.6) is 0 Å². The van der Waals surface area contributed by atoms with Crippen LogP contribution >= 0.6 is 0 Å². The molecule has 0 spiro atoms. The molecule has 0 radical (unpaired) electrons. The monoisotopic (exact) mass is 276 g/mol. The maximum atomic E-state index is 5.68. The van der Waals surface area contributed by atoms with Crippen molar-refractivity contribution in [3.63, 3.8) is 0 Å². The number of benzene rings is 1. The fourth-order valence-corrected chi connectivity index (χ4v) is 3.07. The zero-order chi connectivity index (χ0) is 14.5. The van der Waals surface area contributed by atoms with Gasteiger partial charge in [-0.2, -0.15) is 0 Å². The van der Waals surface area contributed by atoms with Crippen molar-refractivity contribution in [3.05, 3.63) is 35.4 Å². The summed E-state index contributed by atoms with van der Waals surface area (Å²) in [5.74, 6) is 0. The maximum Gasteiger partial charge on any atom is 0.0702 e. The molecule has 0 aromatic heterocycles. The molecule has 3 unspecified atom stereocenters. The predicted octanol–water partition coefficient (Wildman–Crippen LogP) is 2.62. The highest BCUT2D eigenvalue weighted by molar-refractivity contribution is 5.25. The van der Waals surface area contributed by atoms with Gasteiger partial charge >= 0.3 is 0 Å². The Morgan fingerprint density at radius 1 is 1.35 bits per heavy atom. The third-order valence-corrected chi connectivity index (χ3v) is 4.51. The van der Waals surface area contributed by atoms with Crippen LogP contribution < -0.4 is 5.32 Å². The van der Waals surface area contributed by atoms with Crippen LogP contribution in [0.2, 0.25) is 0 Å². The molecule has 3 nitrogen and oxygen atoms in total. The van der Waals surface area contributed by atoms with Crippen LogP contribution in [-0.4, -0.2) is 44.3 Å². The molecule has 1 N–H and O–H groups in total. The molecule has 0 bridgehead atoms. The molecular formula is C17H28N2O.